The molecule has 4 rings (SSSR count). The van der Waals surface area contributed by atoms with Gasteiger partial charge in [-0.3, -0.25) is 9.52 Å². The van der Waals surface area contributed by atoms with Crippen molar-refractivity contribution in [2.75, 3.05) is 41.6 Å². The van der Waals surface area contributed by atoms with Gasteiger partial charge in [-0.2, -0.15) is 0 Å². The smallest absolute Gasteiger partial charge is 0.256 e. The molecule has 1 saturated heterocycles. The van der Waals surface area contributed by atoms with E-state index >= 15 is 0 Å². The number of nitrogens with zero attached hydrogens (tertiary/aromatic N) is 3. The maximum atomic E-state index is 13.2. The second kappa shape index (κ2) is 8.35. The van der Waals surface area contributed by atoms with Gasteiger partial charge in [0.05, 0.1) is 28.0 Å². The molecule has 3 aromatic rings. The minimum absolute atomic E-state index is 0.0499. The first-order valence-electron chi connectivity index (χ1n) is 10.1. The Morgan fingerprint density at radius 2 is 1.83 bits per heavy atom. The number of sulfonamides is 1. The summed E-state index contributed by atoms with van der Waals surface area (Å²) in [7, 11) is -3.47. The lowest BCUT2D eigenvalue weighted by Gasteiger charge is -2.23. The van der Waals surface area contributed by atoms with Crippen molar-refractivity contribution in [2.24, 2.45) is 0 Å². The number of benzene rings is 2. The lowest BCUT2D eigenvalue weighted by Crippen LogP contribution is -2.36. The van der Waals surface area contributed by atoms with Crippen LogP contribution >= 0.6 is 0 Å². The Kier molecular flexibility index (Phi) is 5.63. The number of aromatic nitrogens is 2. The van der Waals surface area contributed by atoms with Crippen LogP contribution in [-0.4, -0.2) is 61.1 Å². The van der Waals surface area contributed by atoms with Gasteiger partial charge in [0.2, 0.25) is 16.0 Å². The first-order valence-corrected chi connectivity index (χ1v) is 11.7. The van der Waals surface area contributed by atoms with Crippen molar-refractivity contribution in [3.05, 3.63) is 54.1 Å². The molecule has 2 aromatic carbocycles. The average Bonchev–Trinajstić information content (AvgIpc) is 3.03. The molecule has 0 spiro atoms. The van der Waals surface area contributed by atoms with Crippen LogP contribution < -0.4 is 9.62 Å². The third kappa shape index (κ3) is 4.25. The number of hydrogen-bond donors (Lipinski definition) is 2. The highest BCUT2D eigenvalue weighted by molar-refractivity contribution is 7.92. The molecule has 0 bridgehead atoms. The number of fused-ring (bicyclic) bond motifs is 1. The second-order valence-corrected chi connectivity index (χ2v) is 9.27. The number of H-pyrrole nitrogens is 1. The van der Waals surface area contributed by atoms with Crippen LogP contribution in [0.5, 0.6) is 0 Å². The zero-order valence-electron chi connectivity index (χ0n) is 16.8. The van der Waals surface area contributed by atoms with Gasteiger partial charge in [0.1, 0.15) is 0 Å². The van der Waals surface area contributed by atoms with Gasteiger partial charge in [-0.15, -0.1) is 0 Å². The van der Waals surface area contributed by atoms with Gasteiger partial charge in [-0.1, -0.05) is 24.3 Å². The fourth-order valence-electron chi connectivity index (χ4n) is 3.59. The molecule has 0 atom stereocenters. The predicted molar refractivity (Wildman–Crippen MR) is 118 cm³/mol. The van der Waals surface area contributed by atoms with E-state index in [1.54, 1.807) is 36.1 Å². The van der Waals surface area contributed by atoms with E-state index in [-0.39, 0.29) is 11.7 Å². The minimum Gasteiger partial charge on any atom is -0.341 e. The van der Waals surface area contributed by atoms with E-state index in [4.69, 9.17) is 0 Å². The maximum Gasteiger partial charge on any atom is 0.256 e. The van der Waals surface area contributed by atoms with Gasteiger partial charge in [0.25, 0.3) is 5.91 Å². The number of aromatic amines is 1. The largest absolute Gasteiger partial charge is 0.341 e. The zero-order valence-corrected chi connectivity index (χ0v) is 17.7. The molecule has 0 radical (unpaired) electrons. The predicted octanol–water partition coefficient (Wildman–Crippen LogP) is 2.68. The van der Waals surface area contributed by atoms with E-state index < -0.39 is 10.0 Å². The summed E-state index contributed by atoms with van der Waals surface area (Å²) in [5.41, 5.74) is 2.60. The van der Waals surface area contributed by atoms with Gasteiger partial charge in [0.15, 0.2) is 0 Å². The molecule has 1 aliphatic rings. The number of anilines is 2. The first kappa shape index (κ1) is 20.2. The number of carbonyl (C=O) groups is 1. The van der Waals surface area contributed by atoms with Crippen molar-refractivity contribution in [3.8, 4) is 0 Å². The standard InChI is InChI=1S/C21H25N5O3S/c1-2-30(28,29)24-17-9-4-3-8-16(17)20(27)25-12-7-13-26(15-14-25)21-22-18-10-5-6-11-19(18)23-21/h3-6,8-11,24H,2,7,12-15H2,1H3,(H,22,23). The summed E-state index contributed by atoms with van der Waals surface area (Å²) in [6.07, 6.45) is 0.797. The topological polar surface area (TPSA) is 98.4 Å². The molecule has 0 saturated carbocycles. The molecule has 8 nitrogen and oxygen atoms in total. The minimum atomic E-state index is -3.47. The highest BCUT2D eigenvalue weighted by Crippen LogP contribution is 2.22. The Balaban J connectivity index is 1.50. The van der Waals surface area contributed by atoms with Crippen molar-refractivity contribution in [1.82, 2.24) is 14.9 Å². The van der Waals surface area contributed by atoms with E-state index in [0.29, 0.717) is 30.9 Å². The summed E-state index contributed by atoms with van der Waals surface area (Å²) in [5.74, 6) is 0.587. The van der Waals surface area contributed by atoms with Crippen LogP contribution in [0, 0.1) is 0 Å². The summed E-state index contributed by atoms with van der Waals surface area (Å²) in [6.45, 7) is 4.13. The number of imidazole rings is 1. The third-order valence-electron chi connectivity index (χ3n) is 5.26. The van der Waals surface area contributed by atoms with Crippen molar-refractivity contribution in [2.45, 2.75) is 13.3 Å². The maximum absolute atomic E-state index is 13.2. The van der Waals surface area contributed by atoms with Crippen LogP contribution in [0.25, 0.3) is 11.0 Å². The fraction of sp³-hybridized carbons (Fsp3) is 0.333. The summed E-state index contributed by atoms with van der Waals surface area (Å²) in [4.78, 5) is 25.1. The molecule has 1 fully saturated rings. The van der Waals surface area contributed by atoms with Crippen LogP contribution in [0.4, 0.5) is 11.6 Å². The SMILES string of the molecule is CCS(=O)(=O)Nc1ccccc1C(=O)N1CCCN(c2nc3ccccc3[nH]2)CC1. The van der Waals surface area contributed by atoms with Crippen LogP contribution in [0.3, 0.4) is 0 Å². The third-order valence-corrected chi connectivity index (χ3v) is 6.55. The van der Waals surface area contributed by atoms with Crippen molar-refractivity contribution in [1.29, 1.82) is 0 Å². The van der Waals surface area contributed by atoms with E-state index in [9.17, 15) is 13.2 Å². The lowest BCUT2D eigenvalue weighted by atomic mass is 10.1. The Hall–Kier alpha value is -3.07. The average molecular weight is 428 g/mol. The van der Waals surface area contributed by atoms with Crippen LogP contribution in [0.2, 0.25) is 0 Å². The van der Waals surface area contributed by atoms with Gasteiger partial charge < -0.3 is 14.8 Å². The molecule has 1 aromatic heterocycles. The number of para-hydroxylation sites is 3. The molecule has 158 valence electrons. The Morgan fingerprint density at radius 3 is 2.63 bits per heavy atom. The molecule has 1 aliphatic heterocycles. The molecular weight excluding hydrogens is 402 g/mol. The number of hydrogen-bond acceptors (Lipinski definition) is 5. The monoisotopic (exact) mass is 427 g/mol. The van der Waals surface area contributed by atoms with Crippen molar-refractivity contribution in [3.63, 3.8) is 0 Å². The van der Waals surface area contributed by atoms with Crippen LogP contribution in [0.15, 0.2) is 48.5 Å². The molecule has 1 amide bonds. The Bertz CT molecular complexity index is 1130. The summed E-state index contributed by atoms with van der Waals surface area (Å²) in [6, 6.07) is 14.6. The zero-order chi connectivity index (χ0) is 21.1. The number of carbonyl (C=O) groups excluding carboxylic acids is 1. The van der Waals surface area contributed by atoms with E-state index in [1.165, 1.54) is 0 Å². The molecule has 30 heavy (non-hydrogen) atoms. The normalized spacial score (nSPS) is 15.2. The van der Waals surface area contributed by atoms with Crippen LogP contribution in [0.1, 0.15) is 23.7 Å². The number of rotatable bonds is 5. The molecule has 9 heteroatoms. The van der Waals surface area contributed by atoms with Crippen molar-refractivity contribution < 1.29 is 13.2 Å². The van der Waals surface area contributed by atoms with E-state index in [1.807, 2.05) is 24.3 Å². The molecular formula is C21H25N5O3S. The lowest BCUT2D eigenvalue weighted by molar-refractivity contribution is 0.0768. The fourth-order valence-corrected chi connectivity index (χ4v) is 4.25. The van der Waals surface area contributed by atoms with Gasteiger partial charge >= 0.3 is 0 Å². The highest BCUT2D eigenvalue weighted by Gasteiger charge is 2.24. The van der Waals surface area contributed by atoms with Gasteiger partial charge in [-0.05, 0) is 37.6 Å². The highest BCUT2D eigenvalue weighted by atomic mass is 32.2. The second-order valence-electron chi connectivity index (χ2n) is 7.26. The first-order chi connectivity index (χ1) is 14.5. The summed E-state index contributed by atoms with van der Waals surface area (Å²) >= 11 is 0. The van der Waals surface area contributed by atoms with E-state index in [0.717, 1.165) is 29.9 Å². The van der Waals surface area contributed by atoms with E-state index in [2.05, 4.69) is 19.6 Å². The summed E-state index contributed by atoms with van der Waals surface area (Å²) < 4.78 is 26.5. The Labute approximate surface area is 176 Å². The number of amides is 1. The van der Waals surface area contributed by atoms with Gasteiger partial charge in [-0.25, -0.2) is 13.4 Å². The molecule has 2 heterocycles. The van der Waals surface area contributed by atoms with Crippen LogP contribution in [-0.2, 0) is 10.0 Å². The van der Waals surface area contributed by atoms with Crippen molar-refractivity contribution >= 4 is 38.6 Å². The molecule has 0 aliphatic carbocycles. The summed E-state index contributed by atoms with van der Waals surface area (Å²) in [5, 5.41) is 0. The molecule has 0 unspecified atom stereocenters. The quantitative estimate of drug-likeness (QED) is 0.652. The van der Waals surface area contributed by atoms with Gasteiger partial charge in [0, 0.05) is 26.2 Å². The number of nitrogens with one attached hydrogen (secondary N) is 2. The molecule has 2 N–H and O–H groups in total. The Morgan fingerprint density at radius 1 is 1.07 bits per heavy atom.